The molecule has 2 atom stereocenters. The monoisotopic (exact) mass is 294 g/mol. The van der Waals surface area contributed by atoms with Crippen molar-refractivity contribution in [2.24, 2.45) is 11.0 Å². The average Bonchev–Trinajstić information content (AvgIpc) is 2.92. The van der Waals surface area contributed by atoms with Crippen molar-refractivity contribution in [1.82, 2.24) is 0 Å². The smallest absolute Gasteiger partial charge is 0.144 e. The Hall–Kier alpha value is -2.49. The Labute approximate surface area is 130 Å². The molecular weight excluding hydrogens is 276 g/mol. The molecule has 2 heterocycles. The zero-order valence-electron chi connectivity index (χ0n) is 12.7. The third-order valence-corrected chi connectivity index (χ3v) is 4.45. The van der Waals surface area contributed by atoms with Crippen LogP contribution >= 0.6 is 0 Å². The van der Waals surface area contributed by atoms with Crippen molar-refractivity contribution >= 4 is 11.4 Å². The second kappa shape index (κ2) is 5.05. The zero-order valence-corrected chi connectivity index (χ0v) is 12.7. The highest BCUT2D eigenvalue weighted by Crippen LogP contribution is 2.40. The minimum absolute atomic E-state index is 0.256. The van der Waals surface area contributed by atoms with Gasteiger partial charge in [0, 0.05) is 5.92 Å². The van der Waals surface area contributed by atoms with E-state index >= 15 is 0 Å². The van der Waals surface area contributed by atoms with E-state index in [0.717, 1.165) is 28.5 Å². The fourth-order valence-corrected chi connectivity index (χ4v) is 3.15. The van der Waals surface area contributed by atoms with Crippen molar-refractivity contribution in [1.29, 1.82) is 0 Å². The van der Waals surface area contributed by atoms with Gasteiger partial charge in [0.25, 0.3) is 0 Å². The van der Waals surface area contributed by atoms with Gasteiger partial charge in [0.05, 0.1) is 18.9 Å². The van der Waals surface area contributed by atoms with Crippen LogP contribution in [0.3, 0.4) is 0 Å². The third-order valence-electron chi connectivity index (χ3n) is 4.45. The fraction of sp³-hybridized carbons (Fsp3) is 0.278. The van der Waals surface area contributed by atoms with Gasteiger partial charge < -0.3 is 9.47 Å². The van der Waals surface area contributed by atoms with Gasteiger partial charge in [-0.25, -0.2) is 0 Å². The van der Waals surface area contributed by atoms with Crippen molar-refractivity contribution in [3.05, 3.63) is 54.1 Å². The molecule has 0 amide bonds. The topological polar surface area (TPSA) is 34.1 Å². The maximum Gasteiger partial charge on any atom is 0.144 e. The van der Waals surface area contributed by atoms with Crippen LogP contribution in [0.15, 0.2) is 53.6 Å². The molecule has 4 heteroatoms. The molecule has 4 rings (SSSR count). The zero-order chi connectivity index (χ0) is 15.1. The second-order valence-electron chi connectivity index (χ2n) is 5.69. The Morgan fingerprint density at radius 3 is 2.68 bits per heavy atom. The van der Waals surface area contributed by atoms with Gasteiger partial charge in [-0.15, -0.1) is 0 Å². The Kier molecular flexibility index (Phi) is 3.03. The van der Waals surface area contributed by atoms with Crippen LogP contribution in [0.4, 0.5) is 5.69 Å². The average molecular weight is 294 g/mol. The molecule has 22 heavy (non-hydrogen) atoms. The minimum atomic E-state index is 0.256. The van der Waals surface area contributed by atoms with E-state index in [0.29, 0.717) is 12.5 Å². The van der Waals surface area contributed by atoms with Crippen LogP contribution in [0.1, 0.15) is 12.5 Å². The first-order chi connectivity index (χ1) is 10.8. The number of hydrogen-bond acceptors (Lipinski definition) is 4. The molecule has 0 fully saturated rings. The second-order valence-corrected chi connectivity index (χ2v) is 5.69. The molecule has 112 valence electrons. The number of benzene rings is 2. The lowest BCUT2D eigenvalue weighted by atomic mass is 9.92. The van der Waals surface area contributed by atoms with E-state index in [-0.39, 0.29) is 6.04 Å². The summed E-state index contributed by atoms with van der Waals surface area (Å²) >= 11 is 0. The minimum Gasteiger partial charge on any atom is -0.497 e. The molecular formula is C18H18N2O2. The van der Waals surface area contributed by atoms with E-state index < -0.39 is 0 Å². The number of hydrazone groups is 1. The predicted molar refractivity (Wildman–Crippen MR) is 86.9 cm³/mol. The Morgan fingerprint density at radius 1 is 1.14 bits per heavy atom. The lowest BCUT2D eigenvalue weighted by molar-refractivity contribution is 0.253. The molecule has 2 unspecified atom stereocenters. The first kappa shape index (κ1) is 13.2. The van der Waals surface area contributed by atoms with Gasteiger partial charge in [0.1, 0.15) is 23.8 Å². The lowest BCUT2D eigenvalue weighted by Gasteiger charge is -2.32. The Morgan fingerprint density at radius 2 is 1.91 bits per heavy atom. The third kappa shape index (κ3) is 1.95. The summed E-state index contributed by atoms with van der Waals surface area (Å²) in [6.07, 6.45) is 0. The van der Waals surface area contributed by atoms with Crippen LogP contribution in [-0.4, -0.2) is 25.5 Å². The van der Waals surface area contributed by atoms with Crippen molar-refractivity contribution in [2.45, 2.75) is 13.0 Å². The Balaban J connectivity index is 1.73. The van der Waals surface area contributed by atoms with Crippen LogP contribution in [0, 0.1) is 5.92 Å². The SMILES string of the molecule is COc1ccc(C2=NN3c4ccccc4OCC3C2C)cc1. The van der Waals surface area contributed by atoms with Gasteiger partial charge >= 0.3 is 0 Å². The number of nitrogens with zero attached hydrogens (tertiary/aromatic N) is 2. The number of ether oxygens (including phenoxy) is 2. The van der Waals surface area contributed by atoms with Crippen molar-refractivity contribution < 1.29 is 9.47 Å². The van der Waals surface area contributed by atoms with Crippen molar-refractivity contribution in [3.8, 4) is 11.5 Å². The number of fused-ring (bicyclic) bond motifs is 3. The maximum atomic E-state index is 5.89. The van der Waals surface area contributed by atoms with Crippen molar-refractivity contribution in [2.75, 3.05) is 18.7 Å². The van der Waals surface area contributed by atoms with Gasteiger partial charge in [0.2, 0.25) is 0 Å². The van der Waals surface area contributed by atoms with Crippen LogP contribution in [0.5, 0.6) is 11.5 Å². The van der Waals surface area contributed by atoms with E-state index in [2.05, 4.69) is 30.1 Å². The maximum absolute atomic E-state index is 5.89. The first-order valence-electron chi connectivity index (χ1n) is 7.52. The molecule has 2 aromatic rings. The summed E-state index contributed by atoms with van der Waals surface area (Å²) in [5.74, 6) is 2.09. The summed E-state index contributed by atoms with van der Waals surface area (Å²) in [5, 5.41) is 7.00. The van der Waals surface area contributed by atoms with Gasteiger partial charge in [-0.3, -0.25) is 5.01 Å². The van der Waals surface area contributed by atoms with Gasteiger partial charge in [0.15, 0.2) is 0 Å². The molecule has 0 aromatic heterocycles. The number of para-hydroxylation sites is 2. The summed E-state index contributed by atoms with van der Waals surface area (Å²) in [7, 11) is 1.68. The standard InChI is InChI=1S/C18H18N2O2/c1-12-16-11-22-17-6-4-3-5-15(17)20(16)19-18(12)13-7-9-14(21-2)10-8-13/h3-10,12,16H,11H2,1-2H3. The fourth-order valence-electron chi connectivity index (χ4n) is 3.15. The number of methoxy groups -OCH3 is 1. The highest BCUT2D eigenvalue weighted by molar-refractivity contribution is 6.05. The first-order valence-corrected chi connectivity index (χ1v) is 7.52. The molecule has 0 N–H and O–H groups in total. The quantitative estimate of drug-likeness (QED) is 0.852. The van der Waals surface area contributed by atoms with Crippen LogP contribution in [-0.2, 0) is 0 Å². The molecule has 2 aliphatic rings. The van der Waals surface area contributed by atoms with Crippen LogP contribution < -0.4 is 14.5 Å². The molecule has 4 nitrogen and oxygen atoms in total. The van der Waals surface area contributed by atoms with Crippen molar-refractivity contribution in [3.63, 3.8) is 0 Å². The van der Waals surface area contributed by atoms with Gasteiger partial charge in [-0.2, -0.15) is 5.10 Å². The molecule has 0 saturated heterocycles. The summed E-state index contributed by atoms with van der Waals surface area (Å²) in [6, 6.07) is 16.4. The predicted octanol–water partition coefficient (Wildman–Crippen LogP) is 3.32. The normalized spacial score (nSPS) is 22.5. The summed E-state index contributed by atoms with van der Waals surface area (Å²) in [6.45, 7) is 2.88. The molecule has 0 bridgehead atoms. The highest BCUT2D eigenvalue weighted by atomic mass is 16.5. The van der Waals surface area contributed by atoms with Crippen LogP contribution in [0.25, 0.3) is 0 Å². The largest absolute Gasteiger partial charge is 0.497 e. The van der Waals surface area contributed by atoms with E-state index in [4.69, 9.17) is 14.6 Å². The lowest BCUT2D eigenvalue weighted by Crippen LogP contribution is -2.40. The molecule has 0 spiro atoms. The molecule has 0 saturated carbocycles. The van der Waals surface area contributed by atoms with E-state index in [1.165, 1.54) is 0 Å². The number of anilines is 1. The summed E-state index contributed by atoms with van der Waals surface area (Å²) in [4.78, 5) is 0. The highest BCUT2D eigenvalue weighted by Gasteiger charge is 2.39. The summed E-state index contributed by atoms with van der Waals surface area (Å²) < 4.78 is 11.1. The molecule has 0 aliphatic carbocycles. The van der Waals surface area contributed by atoms with E-state index in [9.17, 15) is 0 Å². The molecule has 0 radical (unpaired) electrons. The van der Waals surface area contributed by atoms with E-state index in [1.54, 1.807) is 7.11 Å². The van der Waals surface area contributed by atoms with Gasteiger partial charge in [-0.1, -0.05) is 19.1 Å². The molecule has 2 aromatic carbocycles. The Bertz CT molecular complexity index is 724. The van der Waals surface area contributed by atoms with Crippen LogP contribution in [0.2, 0.25) is 0 Å². The van der Waals surface area contributed by atoms with Gasteiger partial charge in [-0.05, 0) is 42.0 Å². The number of rotatable bonds is 2. The van der Waals surface area contributed by atoms with E-state index in [1.807, 2.05) is 30.3 Å². The molecule has 2 aliphatic heterocycles. The number of hydrogen-bond donors (Lipinski definition) is 0. The summed E-state index contributed by atoms with van der Waals surface area (Å²) in [5.41, 5.74) is 3.29.